The summed E-state index contributed by atoms with van der Waals surface area (Å²) >= 11 is 0. The number of imidazole rings is 1. The molecule has 0 unspecified atom stereocenters. The second kappa shape index (κ2) is 10.2. The molecule has 2 N–H and O–H groups in total. The lowest BCUT2D eigenvalue weighted by Crippen LogP contribution is -2.37. The Bertz CT molecular complexity index is 1730. The average molecular weight is 541 g/mol. The Balaban J connectivity index is 1.29. The molecule has 3 aromatic heterocycles. The van der Waals surface area contributed by atoms with Gasteiger partial charge in [0.2, 0.25) is 5.65 Å². The van der Waals surface area contributed by atoms with Crippen LogP contribution in [0.25, 0.3) is 16.6 Å². The van der Waals surface area contributed by atoms with Crippen molar-refractivity contribution in [1.29, 1.82) is 0 Å². The number of carbonyl (C=O) groups is 2. The Hall–Kier alpha value is -5.13. The van der Waals surface area contributed by atoms with Crippen molar-refractivity contribution in [1.82, 2.24) is 29.5 Å². The van der Waals surface area contributed by atoms with Gasteiger partial charge in [0.15, 0.2) is 5.82 Å². The van der Waals surface area contributed by atoms with E-state index in [0.29, 0.717) is 34.8 Å². The summed E-state index contributed by atoms with van der Waals surface area (Å²) in [7, 11) is 3.17. The molecule has 6 rings (SSSR count). The maximum atomic E-state index is 13.5. The van der Waals surface area contributed by atoms with Gasteiger partial charge in [-0.05, 0) is 37.6 Å². The summed E-state index contributed by atoms with van der Waals surface area (Å²) in [5.41, 5.74) is 3.27. The van der Waals surface area contributed by atoms with E-state index < -0.39 is 6.09 Å². The highest BCUT2D eigenvalue weighted by molar-refractivity contribution is 6.13. The van der Waals surface area contributed by atoms with Crippen LogP contribution >= 0.6 is 0 Å². The summed E-state index contributed by atoms with van der Waals surface area (Å²) < 4.78 is 14.2. The molecule has 204 valence electrons. The van der Waals surface area contributed by atoms with Crippen LogP contribution in [0.2, 0.25) is 0 Å². The fourth-order valence-electron chi connectivity index (χ4n) is 4.99. The standard InChI is InChI=1S/C28H28N8O4/c1-17-13-36-16-23(32-27(25(36)29-17)40-19-7-5-4-6-8-19)31-26(37)20-9-10-22(21-15-34(2)33-24(20)21)35-12-11-18(14-35)30-28(38)39-3/h4-10,13,15-16,18H,11-12,14H2,1-3H3,(H,30,38)(H,31,37)/t18-/m1/s1. The number of para-hydroxylation sites is 1. The zero-order chi connectivity index (χ0) is 27.8. The number of benzene rings is 2. The quantitative estimate of drug-likeness (QED) is 0.332. The first-order valence-electron chi connectivity index (χ1n) is 12.8. The Morgan fingerprint density at radius 1 is 1.05 bits per heavy atom. The summed E-state index contributed by atoms with van der Waals surface area (Å²) in [6, 6.07) is 12.9. The summed E-state index contributed by atoms with van der Waals surface area (Å²) in [6.45, 7) is 3.26. The third-order valence-electron chi connectivity index (χ3n) is 6.78. The number of nitrogens with one attached hydrogen (secondary N) is 2. The van der Waals surface area contributed by atoms with E-state index in [1.54, 1.807) is 21.3 Å². The number of alkyl carbamates (subject to hydrolysis) is 1. The minimum absolute atomic E-state index is 0.0257. The summed E-state index contributed by atoms with van der Waals surface area (Å²) in [5.74, 6) is 0.846. The lowest BCUT2D eigenvalue weighted by Gasteiger charge is -2.20. The molecule has 1 saturated heterocycles. The van der Waals surface area contributed by atoms with Gasteiger partial charge in [0, 0.05) is 43.6 Å². The van der Waals surface area contributed by atoms with Crippen molar-refractivity contribution in [3.8, 4) is 11.6 Å². The van der Waals surface area contributed by atoms with Gasteiger partial charge in [0.05, 0.1) is 30.6 Å². The van der Waals surface area contributed by atoms with E-state index in [0.717, 1.165) is 29.7 Å². The van der Waals surface area contributed by atoms with Crippen LogP contribution < -0.4 is 20.3 Å². The van der Waals surface area contributed by atoms with E-state index in [1.165, 1.54) is 7.11 Å². The van der Waals surface area contributed by atoms with Crippen LogP contribution in [-0.4, -0.2) is 62.4 Å². The van der Waals surface area contributed by atoms with Gasteiger partial charge in [-0.15, -0.1) is 0 Å². The number of aryl methyl sites for hydroxylation is 2. The lowest BCUT2D eigenvalue weighted by molar-refractivity contribution is 0.102. The number of fused-ring (bicyclic) bond motifs is 2. The van der Waals surface area contributed by atoms with Crippen molar-refractivity contribution in [2.24, 2.45) is 7.05 Å². The maximum absolute atomic E-state index is 13.5. The average Bonchev–Trinajstić information content (AvgIpc) is 3.66. The summed E-state index contributed by atoms with van der Waals surface area (Å²) in [4.78, 5) is 36.5. The second-order valence-corrected chi connectivity index (χ2v) is 9.68. The monoisotopic (exact) mass is 540 g/mol. The number of anilines is 2. The first-order chi connectivity index (χ1) is 19.4. The predicted octanol–water partition coefficient (Wildman–Crippen LogP) is 3.90. The van der Waals surface area contributed by atoms with Crippen LogP contribution in [0.4, 0.5) is 16.3 Å². The maximum Gasteiger partial charge on any atom is 0.407 e. The summed E-state index contributed by atoms with van der Waals surface area (Å²) in [6.07, 6.45) is 5.78. The smallest absolute Gasteiger partial charge is 0.407 e. The SMILES string of the molecule is COC(=O)N[C@@H]1CCN(c2ccc(C(=O)Nc3cn4cc(C)nc4c(Oc4ccccc4)n3)c3nn(C)cc23)C1. The predicted molar refractivity (Wildman–Crippen MR) is 149 cm³/mol. The van der Waals surface area contributed by atoms with Crippen LogP contribution in [0.15, 0.2) is 61.1 Å². The molecule has 12 nitrogen and oxygen atoms in total. The van der Waals surface area contributed by atoms with E-state index in [1.807, 2.05) is 62.8 Å². The molecule has 0 bridgehead atoms. The number of nitrogens with zero attached hydrogens (tertiary/aromatic N) is 6. The van der Waals surface area contributed by atoms with Gasteiger partial charge in [-0.2, -0.15) is 10.1 Å². The van der Waals surface area contributed by atoms with E-state index in [4.69, 9.17) is 9.47 Å². The molecule has 0 aliphatic carbocycles. The molecule has 5 aromatic rings. The Morgan fingerprint density at radius 3 is 2.67 bits per heavy atom. The van der Waals surface area contributed by atoms with Crippen LogP contribution in [0.3, 0.4) is 0 Å². The minimum atomic E-state index is -0.444. The van der Waals surface area contributed by atoms with Crippen LogP contribution in [0.1, 0.15) is 22.5 Å². The Labute approximate surface area is 229 Å². The lowest BCUT2D eigenvalue weighted by atomic mass is 10.1. The van der Waals surface area contributed by atoms with E-state index in [2.05, 4.69) is 30.6 Å². The minimum Gasteiger partial charge on any atom is -0.453 e. The molecule has 0 saturated carbocycles. The van der Waals surface area contributed by atoms with Crippen molar-refractivity contribution in [2.75, 3.05) is 30.4 Å². The molecule has 0 spiro atoms. The normalized spacial score (nSPS) is 15.0. The number of hydrogen-bond donors (Lipinski definition) is 2. The number of amides is 2. The van der Waals surface area contributed by atoms with Gasteiger partial charge in [-0.25, -0.2) is 9.78 Å². The first-order valence-corrected chi connectivity index (χ1v) is 12.8. The van der Waals surface area contributed by atoms with Crippen molar-refractivity contribution in [2.45, 2.75) is 19.4 Å². The zero-order valence-electron chi connectivity index (χ0n) is 22.3. The van der Waals surface area contributed by atoms with Crippen molar-refractivity contribution >= 4 is 40.1 Å². The molecular weight excluding hydrogens is 512 g/mol. The molecule has 1 aliphatic rings. The second-order valence-electron chi connectivity index (χ2n) is 9.68. The molecule has 0 radical (unpaired) electrons. The summed E-state index contributed by atoms with van der Waals surface area (Å²) in [5, 5.41) is 11.2. The fraction of sp³-hybridized carbons (Fsp3) is 0.250. The van der Waals surface area contributed by atoms with Gasteiger partial charge in [0.25, 0.3) is 11.8 Å². The van der Waals surface area contributed by atoms with Gasteiger partial charge < -0.3 is 25.0 Å². The fourth-order valence-corrected chi connectivity index (χ4v) is 4.99. The molecule has 2 amide bonds. The van der Waals surface area contributed by atoms with Gasteiger partial charge in [-0.1, -0.05) is 18.2 Å². The van der Waals surface area contributed by atoms with Crippen molar-refractivity contribution < 1.29 is 19.1 Å². The molecule has 1 fully saturated rings. The molecule has 40 heavy (non-hydrogen) atoms. The van der Waals surface area contributed by atoms with E-state index in [9.17, 15) is 9.59 Å². The van der Waals surface area contributed by atoms with E-state index in [-0.39, 0.29) is 17.8 Å². The van der Waals surface area contributed by atoms with Crippen molar-refractivity contribution in [3.63, 3.8) is 0 Å². The number of aromatic nitrogens is 5. The highest BCUT2D eigenvalue weighted by Gasteiger charge is 2.27. The van der Waals surface area contributed by atoms with Crippen LogP contribution in [-0.2, 0) is 11.8 Å². The molecule has 4 heterocycles. The highest BCUT2D eigenvalue weighted by atomic mass is 16.5. The van der Waals surface area contributed by atoms with Crippen LogP contribution in [0, 0.1) is 6.92 Å². The highest BCUT2D eigenvalue weighted by Crippen LogP contribution is 2.32. The Morgan fingerprint density at radius 2 is 1.88 bits per heavy atom. The van der Waals surface area contributed by atoms with Crippen molar-refractivity contribution in [3.05, 3.63) is 72.3 Å². The zero-order valence-corrected chi connectivity index (χ0v) is 22.3. The number of rotatable bonds is 6. The van der Waals surface area contributed by atoms with Gasteiger partial charge in [0.1, 0.15) is 11.3 Å². The topological polar surface area (TPSA) is 128 Å². The largest absolute Gasteiger partial charge is 0.453 e. The first kappa shape index (κ1) is 25.2. The molecule has 2 aromatic carbocycles. The Kier molecular flexibility index (Phi) is 6.42. The third kappa shape index (κ3) is 4.86. The number of methoxy groups -OCH3 is 1. The third-order valence-corrected chi connectivity index (χ3v) is 6.78. The molecule has 1 atom stereocenters. The molecule has 1 aliphatic heterocycles. The number of hydrogen-bond acceptors (Lipinski definition) is 8. The van der Waals surface area contributed by atoms with Crippen LogP contribution in [0.5, 0.6) is 11.6 Å². The van der Waals surface area contributed by atoms with E-state index >= 15 is 0 Å². The molecule has 12 heteroatoms. The van der Waals surface area contributed by atoms with Gasteiger partial charge in [-0.3, -0.25) is 13.9 Å². The number of ether oxygens (including phenoxy) is 2. The molecular formula is C28H28N8O4. The van der Waals surface area contributed by atoms with Gasteiger partial charge >= 0.3 is 6.09 Å². The number of carbonyl (C=O) groups excluding carboxylic acids is 2.